The van der Waals surface area contributed by atoms with E-state index in [1.807, 2.05) is 0 Å². The van der Waals surface area contributed by atoms with Gasteiger partial charge in [-0.15, -0.1) is 0 Å². The zero-order valence-electron chi connectivity index (χ0n) is 11.7. The van der Waals surface area contributed by atoms with Gasteiger partial charge in [-0.05, 0) is 29.8 Å². The number of anilines is 1. The van der Waals surface area contributed by atoms with Crippen molar-refractivity contribution in [1.29, 1.82) is 0 Å². The van der Waals surface area contributed by atoms with Crippen LogP contribution in [0, 0.1) is 10.1 Å². The van der Waals surface area contributed by atoms with E-state index in [2.05, 4.69) is 10.3 Å². The maximum Gasteiger partial charge on any atom is 0.366 e. The second kappa shape index (κ2) is 5.00. The second-order valence-electron chi connectivity index (χ2n) is 4.93. The number of rotatable bonds is 3. The Balaban J connectivity index is 2.52. The van der Waals surface area contributed by atoms with E-state index in [1.54, 1.807) is 13.8 Å². The molecule has 0 saturated heterocycles. The Morgan fingerprint density at radius 1 is 1.52 bits per heavy atom. The van der Waals surface area contributed by atoms with Crippen LogP contribution < -0.4 is 15.0 Å². The number of fused-ring (bicyclic) bond motifs is 1. The van der Waals surface area contributed by atoms with Crippen LogP contribution in [0.15, 0.2) is 12.1 Å². The lowest BCUT2D eigenvalue weighted by Crippen LogP contribution is -2.55. The first kappa shape index (κ1) is 14.7. The van der Waals surface area contributed by atoms with Crippen molar-refractivity contribution in [1.82, 2.24) is 10.3 Å². The number of amides is 2. The zero-order chi connectivity index (χ0) is 15.8. The predicted molar refractivity (Wildman–Crippen MR) is 72.0 cm³/mol. The van der Waals surface area contributed by atoms with Crippen LogP contribution in [0.25, 0.3) is 0 Å². The number of hydrogen-bond donors (Lipinski definition) is 1. The second-order valence-corrected chi connectivity index (χ2v) is 4.93. The number of aromatic nitrogens is 1. The predicted octanol–water partition coefficient (Wildman–Crippen LogP) is 0.240. The third kappa shape index (κ3) is 2.62. The zero-order valence-corrected chi connectivity index (χ0v) is 11.7. The monoisotopic (exact) mass is 294 g/mol. The van der Waals surface area contributed by atoms with E-state index < -0.39 is 28.2 Å². The number of nitrogens with one attached hydrogen (secondary N) is 1. The maximum atomic E-state index is 12.4. The molecule has 0 spiro atoms. The molecule has 0 bridgehead atoms. The van der Waals surface area contributed by atoms with Gasteiger partial charge in [-0.3, -0.25) is 14.5 Å². The highest BCUT2D eigenvalue weighted by atomic mass is 16.6. The number of carbonyl (C=O) groups is 2. The fraction of sp³-hybridized carbons (Fsp3) is 0.417. The smallest absolute Gasteiger partial charge is 0.366 e. The third-order valence-electron chi connectivity index (χ3n) is 2.97. The highest BCUT2D eigenvalue weighted by Gasteiger charge is 2.44. The summed E-state index contributed by atoms with van der Waals surface area (Å²) in [5.41, 5.74) is -1.18. The Labute approximate surface area is 120 Å². The molecule has 0 aromatic carbocycles. The number of hydrogen-bond acceptors (Lipinski definition) is 6. The molecule has 1 aliphatic heterocycles. The lowest BCUT2D eigenvalue weighted by molar-refractivity contribution is -0.389. The van der Waals surface area contributed by atoms with E-state index >= 15 is 0 Å². The van der Waals surface area contributed by atoms with Crippen LogP contribution in [0.5, 0.6) is 5.75 Å². The van der Waals surface area contributed by atoms with Crippen LogP contribution in [-0.2, 0) is 9.59 Å². The first-order chi connectivity index (χ1) is 9.76. The molecular weight excluding hydrogens is 280 g/mol. The molecule has 9 nitrogen and oxygen atoms in total. The van der Waals surface area contributed by atoms with Crippen LogP contribution in [-0.4, -0.2) is 40.9 Å². The van der Waals surface area contributed by atoms with Gasteiger partial charge < -0.3 is 20.2 Å². The molecule has 0 unspecified atom stereocenters. The van der Waals surface area contributed by atoms with Gasteiger partial charge in [0.25, 0.3) is 11.7 Å². The average molecular weight is 294 g/mol. The molecule has 2 amide bonds. The van der Waals surface area contributed by atoms with E-state index in [-0.39, 0.29) is 18.1 Å². The summed E-state index contributed by atoms with van der Waals surface area (Å²) in [6.45, 7) is 2.82. The van der Waals surface area contributed by atoms with Crippen LogP contribution in [0.3, 0.4) is 0 Å². The van der Waals surface area contributed by atoms with Crippen LogP contribution in [0.4, 0.5) is 11.6 Å². The first-order valence-corrected chi connectivity index (χ1v) is 6.13. The minimum absolute atomic E-state index is 0.0304. The molecule has 21 heavy (non-hydrogen) atoms. The van der Waals surface area contributed by atoms with Gasteiger partial charge in [-0.2, -0.15) is 0 Å². The topological polar surface area (TPSA) is 115 Å². The van der Waals surface area contributed by atoms with Crippen molar-refractivity contribution in [2.24, 2.45) is 0 Å². The molecule has 2 heterocycles. The van der Waals surface area contributed by atoms with Gasteiger partial charge in [0.15, 0.2) is 11.4 Å². The molecule has 1 aromatic heterocycles. The average Bonchev–Trinajstić information content (AvgIpc) is 2.42. The van der Waals surface area contributed by atoms with Gasteiger partial charge in [0.1, 0.15) is 6.54 Å². The summed E-state index contributed by atoms with van der Waals surface area (Å²) in [6, 6.07) is 2.55. The van der Waals surface area contributed by atoms with Crippen molar-refractivity contribution < 1.29 is 19.2 Å². The molecule has 0 saturated carbocycles. The Hall–Kier alpha value is -2.71. The van der Waals surface area contributed by atoms with Gasteiger partial charge in [0.05, 0.1) is 0 Å². The normalized spacial score (nSPS) is 16.0. The summed E-state index contributed by atoms with van der Waals surface area (Å²) in [7, 11) is 1.43. The fourth-order valence-corrected chi connectivity index (χ4v) is 1.91. The number of likely N-dealkylation sites (N-methyl/N-ethyl adjacent to an activating group) is 1. The van der Waals surface area contributed by atoms with Gasteiger partial charge in [-0.25, -0.2) is 0 Å². The van der Waals surface area contributed by atoms with E-state index in [1.165, 1.54) is 19.2 Å². The summed E-state index contributed by atoms with van der Waals surface area (Å²) < 4.78 is 5.50. The molecular formula is C12H14N4O5. The summed E-state index contributed by atoms with van der Waals surface area (Å²) in [4.78, 5) is 38.9. The minimum atomic E-state index is -1.18. The number of carbonyl (C=O) groups excluding carboxylic acids is 2. The number of ether oxygens (including phenoxy) is 1. The number of nitrogens with zero attached hydrogens (tertiary/aromatic N) is 3. The van der Waals surface area contributed by atoms with Crippen molar-refractivity contribution in [3.63, 3.8) is 0 Å². The molecule has 0 radical (unpaired) electrons. The molecule has 0 fully saturated rings. The molecule has 1 aromatic rings. The molecule has 1 N–H and O–H groups in total. The van der Waals surface area contributed by atoms with E-state index in [4.69, 9.17) is 4.74 Å². The van der Waals surface area contributed by atoms with Gasteiger partial charge in [0.2, 0.25) is 5.91 Å². The molecule has 1 aliphatic rings. The minimum Gasteiger partial charge on any atom is -0.472 e. The van der Waals surface area contributed by atoms with Crippen molar-refractivity contribution in [3.8, 4) is 5.75 Å². The van der Waals surface area contributed by atoms with Gasteiger partial charge in [0, 0.05) is 13.1 Å². The number of nitro groups is 1. The molecule has 9 heteroatoms. The van der Waals surface area contributed by atoms with Gasteiger partial charge in [-0.1, -0.05) is 0 Å². The van der Waals surface area contributed by atoms with E-state index in [0.717, 1.165) is 4.90 Å². The maximum absolute atomic E-state index is 12.4. The fourth-order valence-electron chi connectivity index (χ4n) is 1.91. The van der Waals surface area contributed by atoms with Crippen molar-refractivity contribution in [3.05, 3.63) is 22.2 Å². The van der Waals surface area contributed by atoms with Crippen LogP contribution >= 0.6 is 0 Å². The summed E-state index contributed by atoms with van der Waals surface area (Å²) >= 11 is 0. The Morgan fingerprint density at radius 2 is 2.19 bits per heavy atom. The SMILES string of the molecule is CNC(=O)CN1C(=O)C(C)(C)Oc2ccc([N+](=O)[O-])nc21. The van der Waals surface area contributed by atoms with E-state index in [9.17, 15) is 19.7 Å². The standard InChI is InChI=1S/C12H14N4O5/c1-12(2)11(18)15(6-9(17)13-3)10-7(21-12)4-5-8(14-10)16(19)20/h4-5H,6H2,1-3H3,(H,13,17). The van der Waals surface area contributed by atoms with Crippen LogP contribution in [0.1, 0.15) is 13.8 Å². The van der Waals surface area contributed by atoms with Crippen molar-refractivity contribution >= 4 is 23.5 Å². The Kier molecular flexibility index (Phi) is 3.50. The lowest BCUT2D eigenvalue weighted by atomic mass is 10.1. The van der Waals surface area contributed by atoms with Gasteiger partial charge >= 0.3 is 5.82 Å². The highest BCUT2D eigenvalue weighted by molar-refractivity contribution is 6.04. The third-order valence-corrected chi connectivity index (χ3v) is 2.97. The first-order valence-electron chi connectivity index (χ1n) is 6.13. The van der Waals surface area contributed by atoms with Crippen LogP contribution in [0.2, 0.25) is 0 Å². The Bertz CT molecular complexity index is 628. The summed E-state index contributed by atoms with van der Waals surface area (Å²) in [5.74, 6) is -1.15. The van der Waals surface area contributed by atoms with E-state index in [0.29, 0.717) is 0 Å². The van der Waals surface area contributed by atoms with Crippen molar-refractivity contribution in [2.45, 2.75) is 19.4 Å². The summed E-state index contributed by atoms with van der Waals surface area (Å²) in [5, 5.41) is 13.2. The highest BCUT2D eigenvalue weighted by Crippen LogP contribution is 2.37. The molecule has 112 valence electrons. The largest absolute Gasteiger partial charge is 0.472 e. The Morgan fingerprint density at radius 3 is 2.76 bits per heavy atom. The quantitative estimate of drug-likeness (QED) is 0.630. The van der Waals surface area contributed by atoms with Crippen molar-refractivity contribution in [2.75, 3.05) is 18.5 Å². The molecule has 0 aliphatic carbocycles. The molecule has 2 rings (SSSR count). The number of pyridine rings is 1. The molecule has 0 atom stereocenters. The summed E-state index contributed by atoms with van der Waals surface area (Å²) in [6.07, 6.45) is 0. The lowest BCUT2D eigenvalue weighted by Gasteiger charge is -2.35.